The molecule has 0 unspecified atom stereocenters. The van der Waals surface area contributed by atoms with E-state index < -0.39 is 6.10 Å². The molecule has 108 valence electrons. The van der Waals surface area contributed by atoms with E-state index in [1.807, 2.05) is 41.2 Å². The molecule has 2 atom stereocenters. The van der Waals surface area contributed by atoms with Crippen LogP contribution in [0, 0.1) is 0 Å². The van der Waals surface area contributed by atoms with Crippen molar-refractivity contribution < 1.29 is 9.84 Å². The van der Waals surface area contributed by atoms with Gasteiger partial charge in [-0.3, -0.25) is 4.68 Å². The second-order valence-electron chi connectivity index (χ2n) is 4.83. The molecule has 20 heavy (non-hydrogen) atoms. The van der Waals surface area contributed by atoms with E-state index in [9.17, 15) is 5.11 Å². The zero-order valence-corrected chi connectivity index (χ0v) is 11.9. The van der Waals surface area contributed by atoms with Crippen molar-refractivity contribution in [2.75, 3.05) is 13.7 Å². The normalized spacial score (nSPS) is 13.9. The Kier molecular flexibility index (Phi) is 5.15. The van der Waals surface area contributed by atoms with Gasteiger partial charge in [-0.1, -0.05) is 12.1 Å². The monoisotopic (exact) mass is 275 g/mol. The molecule has 1 heterocycles. The summed E-state index contributed by atoms with van der Waals surface area (Å²) in [5.41, 5.74) is 0.879. The Bertz CT molecular complexity index is 496. The number of nitrogens with zero attached hydrogens (tertiary/aromatic N) is 2. The van der Waals surface area contributed by atoms with Crippen LogP contribution < -0.4 is 10.1 Å². The number of aromatic nitrogens is 2. The van der Waals surface area contributed by atoms with Gasteiger partial charge in [-0.05, 0) is 30.7 Å². The van der Waals surface area contributed by atoms with Gasteiger partial charge in [0, 0.05) is 25.0 Å². The van der Waals surface area contributed by atoms with Crippen LogP contribution in [0.2, 0.25) is 0 Å². The molecule has 0 saturated heterocycles. The van der Waals surface area contributed by atoms with Gasteiger partial charge in [-0.15, -0.1) is 0 Å². The van der Waals surface area contributed by atoms with E-state index in [4.69, 9.17) is 4.74 Å². The number of hydrogen-bond donors (Lipinski definition) is 2. The first-order chi connectivity index (χ1) is 9.69. The molecule has 2 aromatic rings. The summed E-state index contributed by atoms with van der Waals surface area (Å²) in [5, 5.41) is 17.6. The van der Waals surface area contributed by atoms with E-state index in [0.29, 0.717) is 6.54 Å². The lowest BCUT2D eigenvalue weighted by Gasteiger charge is -2.17. The smallest absolute Gasteiger partial charge is 0.118 e. The first-order valence-electron chi connectivity index (χ1n) is 6.72. The Morgan fingerprint density at radius 1 is 1.35 bits per heavy atom. The molecule has 0 radical (unpaired) electrons. The van der Waals surface area contributed by atoms with Crippen LogP contribution in [0.3, 0.4) is 0 Å². The average molecular weight is 275 g/mol. The van der Waals surface area contributed by atoms with E-state index >= 15 is 0 Å². The molecule has 0 saturated carbocycles. The molecule has 0 spiro atoms. The lowest BCUT2D eigenvalue weighted by molar-refractivity contribution is 0.169. The minimum absolute atomic E-state index is 0.239. The average Bonchev–Trinajstić information content (AvgIpc) is 2.97. The van der Waals surface area contributed by atoms with Gasteiger partial charge in [-0.25, -0.2) is 0 Å². The number of ether oxygens (including phenoxy) is 1. The summed E-state index contributed by atoms with van der Waals surface area (Å²) in [6.45, 7) is 3.36. The molecule has 0 aliphatic carbocycles. The van der Waals surface area contributed by atoms with Gasteiger partial charge in [-0.2, -0.15) is 5.10 Å². The predicted molar refractivity (Wildman–Crippen MR) is 77.6 cm³/mol. The van der Waals surface area contributed by atoms with Crippen LogP contribution in [0.15, 0.2) is 42.7 Å². The molecule has 5 heteroatoms. The number of rotatable bonds is 7. The van der Waals surface area contributed by atoms with Gasteiger partial charge in [0.15, 0.2) is 0 Å². The minimum Gasteiger partial charge on any atom is -0.497 e. The zero-order valence-electron chi connectivity index (χ0n) is 11.9. The number of benzene rings is 1. The van der Waals surface area contributed by atoms with Crippen molar-refractivity contribution in [2.45, 2.75) is 25.6 Å². The number of nitrogens with one attached hydrogen (secondary N) is 1. The van der Waals surface area contributed by atoms with Gasteiger partial charge < -0.3 is 15.2 Å². The van der Waals surface area contributed by atoms with Crippen molar-refractivity contribution in [3.8, 4) is 5.75 Å². The molecule has 1 aromatic carbocycles. The molecule has 0 aliphatic rings. The third-order valence-corrected chi connectivity index (χ3v) is 3.18. The minimum atomic E-state index is -0.527. The van der Waals surface area contributed by atoms with E-state index in [-0.39, 0.29) is 6.04 Å². The summed E-state index contributed by atoms with van der Waals surface area (Å²) < 4.78 is 6.97. The molecule has 2 N–H and O–H groups in total. The summed E-state index contributed by atoms with van der Waals surface area (Å²) in [5.74, 6) is 0.793. The van der Waals surface area contributed by atoms with Crippen LogP contribution in [-0.4, -0.2) is 34.6 Å². The lowest BCUT2D eigenvalue weighted by Crippen LogP contribution is -2.33. The van der Waals surface area contributed by atoms with Gasteiger partial charge in [0.1, 0.15) is 5.75 Å². The van der Waals surface area contributed by atoms with Gasteiger partial charge in [0.05, 0.1) is 19.8 Å². The van der Waals surface area contributed by atoms with Crippen molar-refractivity contribution in [3.05, 3.63) is 48.3 Å². The molecule has 0 fully saturated rings. The second-order valence-corrected chi connectivity index (χ2v) is 4.83. The Balaban J connectivity index is 1.80. The highest BCUT2D eigenvalue weighted by molar-refractivity contribution is 5.28. The molecule has 2 rings (SSSR count). The predicted octanol–water partition coefficient (Wildman–Crippen LogP) is 1.60. The fourth-order valence-electron chi connectivity index (χ4n) is 2.01. The highest BCUT2D eigenvalue weighted by Gasteiger charge is 2.10. The summed E-state index contributed by atoms with van der Waals surface area (Å²) in [4.78, 5) is 0. The molecule has 0 amide bonds. The number of aliphatic hydroxyl groups excluding tert-OH is 1. The van der Waals surface area contributed by atoms with Crippen LogP contribution >= 0.6 is 0 Å². The van der Waals surface area contributed by atoms with Crippen molar-refractivity contribution in [2.24, 2.45) is 0 Å². The highest BCUT2D eigenvalue weighted by Crippen LogP contribution is 2.17. The van der Waals surface area contributed by atoms with E-state index in [1.165, 1.54) is 0 Å². The molecular weight excluding hydrogens is 254 g/mol. The Labute approximate surface area is 119 Å². The molecule has 0 bridgehead atoms. The molecule has 1 aromatic heterocycles. The molecule has 0 aliphatic heterocycles. The summed E-state index contributed by atoms with van der Waals surface area (Å²) in [6.07, 6.45) is 3.16. The van der Waals surface area contributed by atoms with Gasteiger partial charge >= 0.3 is 0 Å². The van der Waals surface area contributed by atoms with E-state index in [0.717, 1.165) is 17.9 Å². The van der Waals surface area contributed by atoms with Crippen molar-refractivity contribution >= 4 is 0 Å². The highest BCUT2D eigenvalue weighted by atomic mass is 16.5. The third-order valence-electron chi connectivity index (χ3n) is 3.18. The van der Waals surface area contributed by atoms with Crippen LogP contribution in [0.5, 0.6) is 5.75 Å². The van der Waals surface area contributed by atoms with Crippen LogP contribution in [0.4, 0.5) is 0 Å². The van der Waals surface area contributed by atoms with Crippen molar-refractivity contribution in [1.82, 2.24) is 15.1 Å². The Hall–Kier alpha value is -1.85. The lowest BCUT2D eigenvalue weighted by atomic mass is 10.1. The maximum absolute atomic E-state index is 10.1. The van der Waals surface area contributed by atoms with E-state index in [1.54, 1.807) is 13.3 Å². The first-order valence-corrected chi connectivity index (χ1v) is 6.72. The van der Waals surface area contributed by atoms with Crippen LogP contribution in [0.1, 0.15) is 18.6 Å². The summed E-state index contributed by atoms with van der Waals surface area (Å²) >= 11 is 0. The SMILES string of the molecule is COc1ccc([C@@H](O)CN[C@H](C)Cn2cccn2)cc1. The number of aliphatic hydroxyl groups is 1. The number of methoxy groups -OCH3 is 1. The molecular formula is C15H21N3O2. The summed E-state index contributed by atoms with van der Waals surface area (Å²) in [7, 11) is 1.63. The quantitative estimate of drug-likeness (QED) is 0.806. The summed E-state index contributed by atoms with van der Waals surface area (Å²) in [6, 6.07) is 9.60. The first kappa shape index (κ1) is 14.6. The Morgan fingerprint density at radius 2 is 2.10 bits per heavy atom. The fourth-order valence-corrected chi connectivity index (χ4v) is 2.01. The topological polar surface area (TPSA) is 59.3 Å². The molecule has 5 nitrogen and oxygen atoms in total. The van der Waals surface area contributed by atoms with Gasteiger partial charge in [0.25, 0.3) is 0 Å². The fraction of sp³-hybridized carbons (Fsp3) is 0.400. The number of hydrogen-bond acceptors (Lipinski definition) is 4. The van der Waals surface area contributed by atoms with Crippen LogP contribution in [0.25, 0.3) is 0 Å². The third kappa shape index (κ3) is 4.08. The van der Waals surface area contributed by atoms with Crippen molar-refractivity contribution in [1.29, 1.82) is 0 Å². The van der Waals surface area contributed by atoms with Gasteiger partial charge in [0.2, 0.25) is 0 Å². The zero-order chi connectivity index (χ0) is 14.4. The van der Waals surface area contributed by atoms with E-state index in [2.05, 4.69) is 17.3 Å². The van der Waals surface area contributed by atoms with Crippen LogP contribution in [-0.2, 0) is 6.54 Å². The standard InChI is InChI=1S/C15H21N3O2/c1-12(11-18-9-3-8-17-18)16-10-15(19)13-4-6-14(20-2)7-5-13/h3-9,12,15-16,19H,10-11H2,1-2H3/t12-,15+/m1/s1. The maximum Gasteiger partial charge on any atom is 0.118 e. The Morgan fingerprint density at radius 3 is 2.70 bits per heavy atom. The maximum atomic E-state index is 10.1. The second kappa shape index (κ2) is 7.07. The van der Waals surface area contributed by atoms with Crippen molar-refractivity contribution in [3.63, 3.8) is 0 Å². The largest absolute Gasteiger partial charge is 0.497 e.